The van der Waals surface area contributed by atoms with E-state index in [-0.39, 0.29) is 12.1 Å². The highest BCUT2D eigenvalue weighted by Gasteiger charge is 2.31. The van der Waals surface area contributed by atoms with E-state index in [2.05, 4.69) is 5.32 Å². The molecule has 2 fully saturated rings. The Balaban J connectivity index is 2.14. The fraction of sp³-hybridized carbons (Fsp3) is 0.667. The van der Waals surface area contributed by atoms with Crippen LogP contribution in [-0.2, 0) is 4.79 Å². The number of aliphatic carboxylic acids is 1. The lowest BCUT2D eigenvalue weighted by Gasteiger charge is -2.27. The lowest BCUT2D eigenvalue weighted by atomic mass is 9.95. The molecule has 0 bridgehead atoms. The average Bonchev–Trinajstić information content (AvgIpc) is 3.15. The van der Waals surface area contributed by atoms with Gasteiger partial charge in [0.15, 0.2) is 5.56 Å². The second-order valence-electron chi connectivity index (χ2n) is 7.33. The van der Waals surface area contributed by atoms with Crippen molar-refractivity contribution in [2.75, 3.05) is 6.54 Å². The van der Waals surface area contributed by atoms with Crippen molar-refractivity contribution in [2.24, 2.45) is 0 Å². The Bertz CT molecular complexity index is 844. The summed E-state index contributed by atoms with van der Waals surface area (Å²) in [4.78, 5) is 49.2. The summed E-state index contributed by atoms with van der Waals surface area (Å²) in [7, 11) is 0. The second-order valence-corrected chi connectivity index (χ2v) is 7.33. The normalized spacial score (nSPS) is 18.5. The number of amides is 1. The van der Waals surface area contributed by atoms with E-state index in [9.17, 15) is 24.3 Å². The van der Waals surface area contributed by atoms with Gasteiger partial charge in [-0.05, 0) is 25.7 Å². The fourth-order valence-corrected chi connectivity index (χ4v) is 4.23. The predicted octanol–water partition coefficient (Wildman–Crippen LogP) is 1.15. The number of nitrogens with one attached hydrogen (secondary N) is 1. The minimum atomic E-state index is -1.26. The van der Waals surface area contributed by atoms with E-state index in [1.807, 2.05) is 0 Å². The third kappa shape index (κ3) is 3.77. The number of carboxylic acid groups (broad SMARTS) is 1. The lowest BCUT2D eigenvalue weighted by molar-refractivity contribution is -0.135. The van der Waals surface area contributed by atoms with Gasteiger partial charge >= 0.3 is 11.7 Å². The summed E-state index contributed by atoms with van der Waals surface area (Å²) >= 11 is 0. The Morgan fingerprint density at radius 1 is 0.926 bits per heavy atom. The zero-order valence-electron chi connectivity index (χ0n) is 15.1. The molecule has 0 aliphatic heterocycles. The van der Waals surface area contributed by atoms with Gasteiger partial charge in [-0.3, -0.25) is 23.5 Å². The molecule has 0 spiro atoms. The molecule has 2 aliphatic carbocycles. The molecule has 1 amide bonds. The first kappa shape index (κ1) is 19.2. The van der Waals surface area contributed by atoms with E-state index in [4.69, 9.17) is 5.11 Å². The molecule has 0 aromatic carbocycles. The first-order valence-corrected chi connectivity index (χ1v) is 9.51. The number of hydrogen-bond donors (Lipinski definition) is 3. The van der Waals surface area contributed by atoms with Crippen LogP contribution in [0, 0.1) is 0 Å². The largest absolute Gasteiger partial charge is 0.494 e. The van der Waals surface area contributed by atoms with Crippen molar-refractivity contribution in [3.63, 3.8) is 0 Å². The molecular formula is C18H25N3O6. The van der Waals surface area contributed by atoms with E-state index < -0.39 is 41.1 Å². The van der Waals surface area contributed by atoms with Gasteiger partial charge in [0.05, 0.1) is 0 Å². The summed E-state index contributed by atoms with van der Waals surface area (Å²) in [6, 6.07) is -0.572. The van der Waals surface area contributed by atoms with Gasteiger partial charge in [-0.25, -0.2) is 4.79 Å². The molecule has 0 radical (unpaired) electrons. The van der Waals surface area contributed by atoms with Gasteiger partial charge in [0, 0.05) is 12.1 Å². The minimum absolute atomic E-state index is 0.273. The van der Waals surface area contributed by atoms with Gasteiger partial charge in [0.25, 0.3) is 11.5 Å². The molecule has 148 valence electrons. The number of hydrogen-bond acceptors (Lipinski definition) is 5. The van der Waals surface area contributed by atoms with E-state index in [0.717, 1.165) is 36.7 Å². The maximum Gasteiger partial charge on any atom is 0.334 e. The Hall–Kier alpha value is -2.58. The Labute approximate surface area is 155 Å². The van der Waals surface area contributed by atoms with Crippen LogP contribution in [0.3, 0.4) is 0 Å². The summed E-state index contributed by atoms with van der Waals surface area (Å²) in [5, 5.41) is 21.5. The summed E-state index contributed by atoms with van der Waals surface area (Å²) in [6.45, 7) is -0.677. The third-order valence-corrected chi connectivity index (χ3v) is 5.55. The molecule has 0 unspecified atom stereocenters. The number of carbonyl (C=O) groups excluding carboxylic acids is 1. The Kier molecular flexibility index (Phi) is 5.67. The topological polar surface area (TPSA) is 131 Å². The van der Waals surface area contributed by atoms with Gasteiger partial charge in [-0.1, -0.05) is 32.1 Å². The minimum Gasteiger partial charge on any atom is -0.494 e. The fourth-order valence-electron chi connectivity index (χ4n) is 4.23. The summed E-state index contributed by atoms with van der Waals surface area (Å²) < 4.78 is 2.27. The van der Waals surface area contributed by atoms with Crippen LogP contribution < -0.4 is 16.6 Å². The summed E-state index contributed by atoms with van der Waals surface area (Å²) in [5.74, 6) is -2.90. The Morgan fingerprint density at radius 3 is 2.00 bits per heavy atom. The first-order valence-electron chi connectivity index (χ1n) is 9.51. The van der Waals surface area contributed by atoms with Gasteiger partial charge in [0.1, 0.15) is 6.54 Å². The highest BCUT2D eigenvalue weighted by Crippen LogP contribution is 2.32. The quantitative estimate of drug-likeness (QED) is 0.703. The van der Waals surface area contributed by atoms with E-state index >= 15 is 0 Å². The number of rotatable bonds is 5. The van der Waals surface area contributed by atoms with E-state index in [1.54, 1.807) is 0 Å². The molecule has 1 heterocycles. The SMILES string of the molecule is O=C(O)CNC(=O)c1c(O)n(C2CCCCC2)c(=O)n(C2CCCC2)c1=O. The molecule has 27 heavy (non-hydrogen) atoms. The van der Waals surface area contributed by atoms with Crippen LogP contribution in [0.4, 0.5) is 0 Å². The smallest absolute Gasteiger partial charge is 0.334 e. The maximum atomic E-state index is 13.1. The molecule has 3 N–H and O–H groups in total. The second kappa shape index (κ2) is 7.98. The highest BCUT2D eigenvalue weighted by molar-refractivity contribution is 5.97. The van der Waals surface area contributed by atoms with Crippen molar-refractivity contribution in [1.82, 2.24) is 14.5 Å². The van der Waals surface area contributed by atoms with Crippen molar-refractivity contribution in [3.8, 4) is 5.88 Å². The van der Waals surface area contributed by atoms with Crippen LogP contribution >= 0.6 is 0 Å². The molecule has 1 aromatic rings. The lowest BCUT2D eigenvalue weighted by Crippen LogP contribution is -2.47. The van der Waals surface area contributed by atoms with Crippen molar-refractivity contribution in [1.29, 1.82) is 0 Å². The Morgan fingerprint density at radius 2 is 1.44 bits per heavy atom. The zero-order chi connectivity index (χ0) is 19.6. The number of nitrogens with zero attached hydrogens (tertiary/aromatic N) is 2. The van der Waals surface area contributed by atoms with Gasteiger partial charge in [-0.15, -0.1) is 0 Å². The molecule has 9 nitrogen and oxygen atoms in total. The average molecular weight is 379 g/mol. The van der Waals surface area contributed by atoms with Crippen LogP contribution in [0.2, 0.25) is 0 Å². The number of carbonyl (C=O) groups is 2. The van der Waals surface area contributed by atoms with E-state index in [1.165, 1.54) is 4.57 Å². The molecule has 2 aliphatic rings. The molecule has 2 saturated carbocycles. The summed E-state index contributed by atoms with van der Waals surface area (Å²) in [6.07, 6.45) is 7.34. The number of carboxylic acids is 1. The summed E-state index contributed by atoms with van der Waals surface area (Å²) in [5.41, 5.74) is -1.97. The molecule has 9 heteroatoms. The zero-order valence-corrected chi connectivity index (χ0v) is 15.1. The third-order valence-electron chi connectivity index (χ3n) is 5.55. The molecule has 0 atom stereocenters. The molecule has 1 aromatic heterocycles. The van der Waals surface area contributed by atoms with Crippen LogP contribution in [0.1, 0.15) is 80.2 Å². The van der Waals surface area contributed by atoms with Crippen LogP contribution in [0.25, 0.3) is 0 Å². The monoisotopic (exact) mass is 379 g/mol. The first-order chi connectivity index (χ1) is 12.9. The number of aromatic nitrogens is 2. The van der Waals surface area contributed by atoms with Crippen LogP contribution in [0.5, 0.6) is 5.88 Å². The number of aromatic hydroxyl groups is 1. The van der Waals surface area contributed by atoms with Crippen molar-refractivity contribution in [3.05, 3.63) is 26.4 Å². The predicted molar refractivity (Wildman–Crippen MR) is 96.2 cm³/mol. The molecular weight excluding hydrogens is 354 g/mol. The van der Waals surface area contributed by atoms with Crippen molar-refractivity contribution >= 4 is 11.9 Å². The maximum absolute atomic E-state index is 13.1. The van der Waals surface area contributed by atoms with Gasteiger partial charge < -0.3 is 15.5 Å². The van der Waals surface area contributed by atoms with Crippen molar-refractivity contribution in [2.45, 2.75) is 69.9 Å². The highest BCUT2D eigenvalue weighted by atomic mass is 16.4. The van der Waals surface area contributed by atoms with Crippen molar-refractivity contribution < 1.29 is 19.8 Å². The molecule has 0 saturated heterocycles. The van der Waals surface area contributed by atoms with Gasteiger partial charge in [-0.2, -0.15) is 0 Å². The van der Waals surface area contributed by atoms with Gasteiger partial charge in [0.2, 0.25) is 5.88 Å². The standard InChI is InChI=1S/C18H25N3O6/c22-13(23)10-19-15(24)14-16(25)20(11-6-2-1-3-7-11)18(27)21(17(14)26)12-8-4-5-9-12/h11-12,25H,1-10H2,(H,19,24)(H,22,23). The van der Waals surface area contributed by atoms with Crippen LogP contribution in [-0.4, -0.2) is 37.8 Å². The van der Waals surface area contributed by atoms with Crippen LogP contribution in [0.15, 0.2) is 9.59 Å². The van der Waals surface area contributed by atoms with E-state index in [0.29, 0.717) is 25.7 Å². The molecule has 3 rings (SSSR count).